The highest BCUT2D eigenvalue weighted by Crippen LogP contribution is 2.43. The molecule has 0 spiro atoms. The molecule has 1 aromatic rings. The van der Waals surface area contributed by atoms with Crippen LogP contribution in [0.25, 0.3) is 0 Å². The first-order valence-corrected chi connectivity index (χ1v) is 13.7. The van der Waals surface area contributed by atoms with Crippen molar-refractivity contribution in [2.75, 3.05) is 0 Å². The summed E-state index contributed by atoms with van der Waals surface area (Å²) in [6.07, 6.45) is 0. The molecule has 3 heterocycles. The molecule has 192 valence electrons. The molecule has 3 fully saturated rings. The van der Waals surface area contributed by atoms with Gasteiger partial charge in [0.15, 0.2) is 0 Å². The van der Waals surface area contributed by atoms with Crippen LogP contribution in [0.4, 0.5) is 0 Å². The molecule has 36 heavy (non-hydrogen) atoms. The second-order valence-corrected chi connectivity index (χ2v) is 15.6. The van der Waals surface area contributed by atoms with Crippen LogP contribution in [0.1, 0.15) is 72.6 Å². The Hall–Kier alpha value is -2.31. The van der Waals surface area contributed by atoms with Crippen molar-refractivity contribution < 1.29 is 28.8 Å². The topological polar surface area (TPSA) is 139 Å². The molecule has 3 amide bonds. The summed E-state index contributed by atoms with van der Waals surface area (Å²) < 4.78 is -1.45. The highest BCUT2D eigenvalue weighted by atomic mass is 32.2. The number of thioether (sulfide) groups is 3. The van der Waals surface area contributed by atoms with Crippen molar-refractivity contribution in [3.05, 3.63) is 34.9 Å². The Labute approximate surface area is 221 Å². The van der Waals surface area contributed by atoms with Gasteiger partial charge in [0.05, 0.1) is 0 Å². The molecule has 0 radical (unpaired) electrons. The zero-order chi connectivity index (χ0) is 26.8. The van der Waals surface area contributed by atoms with E-state index in [1.165, 1.54) is 18.2 Å². The highest BCUT2D eigenvalue weighted by Gasteiger charge is 2.51. The molecule has 0 aromatic heterocycles. The van der Waals surface area contributed by atoms with Crippen molar-refractivity contribution >= 4 is 68.4 Å². The third kappa shape index (κ3) is 4.82. The first-order chi connectivity index (χ1) is 16.5. The van der Waals surface area contributed by atoms with Crippen LogP contribution in [0.5, 0.6) is 0 Å². The largest absolute Gasteiger partial charge is 0.340 e. The van der Waals surface area contributed by atoms with Crippen molar-refractivity contribution in [2.24, 2.45) is 0 Å². The van der Waals surface area contributed by atoms with E-state index in [-0.39, 0.29) is 32.0 Å². The van der Waals surface area contributed by atoms with Crippen LogP contribution in [0.15, 0.2) is 18.2 Å². The van der Waals surface area contributed by atoms with Gasteiger partial charge in [-0.05, 0) is 59.7 Å². The van der Waals surface area contributed by atoms with Crippen LogP contribution in [-0.4, -0.2) is 65.4 Å². The molecule has 0 bridgehead atoms. The molecule has 3 saturated heterocycles. The van der Waals surface area contributed by atoms with E-state index in [4.69, 9.17) is 0 Å². The lowest BCUT2D eigenvalue weighted by Crippen LogP contribution is -2.60. The Morgan fingerprint density at radius 1 is 0.556 bits per heavy atom. The minimum Gasteiger partial charge on any atom is -0.340 e. The summed E-state index contributed by atoms with van der Waals surface area (Å²) in [6, 6.07) is 1.84. The standard InChI is InChI=1S/C24H27N3O6S3/c1-22(2)13(19(31)34-22)25-16(28)10-7-11(17(29)26-14-20(32)35-23(14,3)4)9-12(8-10)18(30)27-15-21(33)36-24(15,5)6/h7-9,13-15H,1-6H3,(H,25,28)(H,26,29)(H,27,30). The van der Waals surface area contributed by atoms with Crippen LogP contribution in [0, 0.1) is 0 Å². The van der Waals surface area contributed by atoms with Gasteiger partial charge in [-0.15, -0.1) is 0 Å². The number of benzene rings is 1. The lowest BCUT2D eigenvalue weighted by Gasteiger charge is -2.42. The minimum atomic E-state index is -0.708. The van der Waals surface area contributed by atoms with Gasteiger partial charge in [-0.3, -0.25) is 28.8 Å². The van der Waals surface area contributed by atoms with Crippen LogP contribution in [0.2, 0.25) is 0 Å². The average molecular weight is 550 g/mol. The maximum atomic E-state index is 13.1. The van der Waals surface area contributed by atoms with Crippen molar-refractivity contribution in [3.8, 4) is 0 Å². The fourth-order valence-electron chi connectivity index (χ4n) is 4.17. The van der Waals surface area contributed by atoms with Crippen LogP contribution in [-0.2, 0) is 14.4 Å². The monoisotopic (exact) mass is 549 g/mol. The summed E-state index contributed by atoms with van der Waals surface area (Å²) in [5, 5.41) is 7.53. The average Bonchev–Trinajstić information content (AvgIpc) is 2.77. The van der Waals surface area contributed by atoms with Gasteiger partial charge in [-0.1, -0.05) is 35.3 Å². The van der Waals surface area contributed by atoms with Crippen LogP contribution in [0.3, 0.4) is 0 Å². The molecule has 3 atom stereocenters. The van der Waals surface area contributed by atoms with Crippen molar-refractivity contribution in [1.82, 2.24) is 16.0 Å². The summed E-state index contributed by atoms with van der Waals surface area (Å²) >= 11 is 3.39. The molecule has 0 saturated carbocycles. The molecule has 3 aliphatic rings. The quantitative estimate of drug-likeness (QED) is 0.487. The molecule has 1 aromatic carbocycles. The van der Waals surface area contributed by atoms with E-state index < -0.39 is 50.1 Å². The Morgan fingerprint density at radius 2 is 0.778 bits per heavy atom. The Bertz CT molecular complexity index is 1070. The summed E-state index contributed by atoms with van der Waals surface area (Å²) in [5.41, 5.74) is 0.0290. The van der Waals surface area contributed by atoms with Gasteiger partial charge in [-0.25, -0.2) is 0 Å². The number of carbonyl (C=O) groups excluding carboxylic acids is 6. The van der Waals surface area contributed by atoms with Crippen LogP contribution < -0.4 is 16.0 Å². The smallest absolute Gasteiger partial charge is 0.251 e. The van der Waals surface area contributed by atoms with Gasteiger partial charge in [0.1, 0.15) is 18.1 Å². The number of amides is 3. The Kier molecular flexibility index (Phi) is 6.62. The predicted octanol–water partition coefficient (Wildman–Crippen LogP) is 2.14. The minimum absolute atomic E-state index is 0.00967. The molecule has 0 aliphatic carbocycles. The summed E-state index contributed by atoms with van der Waals surface area (Å²) in [6.45, 7) is 11.0. The molecule has 12 heteroatoms. The van der Waals surface area contributed by atoms with E-state index >= 15 is 0 Å². The van der Waals surface area contributed by atoms with Gasteiger partial charge in [0, 0.05) is 30.9 Å². The van der Waals surface area contributed by atoms with Crippen molar-refractivity contribution in [2.45, 2.75) is 73.9 Å². The molecule has 3 aliphatic heterocycles. The Morgan fingerprint density at radius 3 is 0.944 bits per heavy atom. The molecular weight excluding hydrogens is 522 g/mol. The van der Waals surface area contributed by atoms with E-state index in [0.29, 0.717) is 0 Å². The van der Waals surface area contributed by atoms with Crippen molar-refractivity contribution in [3.63, 3.8) is 0 Å². The zero-order valence-corrected chi connectivity index (χ0v) is 23.1. The fourth-order valence-corrected chi connectivity index (χ4v) is 7.43. The zero-order valence-electron chi connectivity index (χ0n) is 20.6. The number of nitrogens with one attached hydrogen (secondary N) is 3. The van der Waals surface area contributed by atoms with Gasteiger partial charge >= 0.3 is 0 Å². The predicted molar refractivity (Wildman–Crippen MR) is 140 cm³/mol. The number of hydrogen-bond acceptors (Lipinski definition) is 9. The summed E-state index contributed by atoms with van der Waals surface area (Å²) in [7, 11) is 0. The summed E-state index contributed by atoms with van der Waals surface area (Å²) in [5.74, 6) is -1.84. The van der Waals surface area contributed by atoms with E-state index in [2.05, 4.69) is 16.0 Å². The number of hydrogen-bond donors (Lipinski definition) is 3. The number of carbonyl (C=O) groups is 6. The highest BCUT2D eigenvalue weighted by molar-refractivity contribution is 8.17. The Balaban J connectivity index is 1.62. The SMILES string of the molecule is CC1(C)SC(=O)C1NC(=O)c1cc(C(=O)NC2C(=O)SC2(C)C)cc(C(=O)NC2C(=O)SC2(C)C)c1. The van der Waals surface area contributed by atoms with E-state index in [1.54, 1.807) is 0 Å². The lowest BCUT2D eigenvalue weighted by molar-refractivity contribution is -0.115. The molecular formula is C24H27N3O6S3. The van der Waals surface area contributed by atoms with Crippen LogP contribution >= 0.6 is 35.3 Å². The third-order valence-corrected chi connectivity index (χ3v) is 10.0. The van der Waals surface area contributed by atoms with E-state index in [1.807, 2.05) is 41.5 Å². The molecule has 3 unspecified atom stereocenters. The van der Waals surface area contributed by atoms with Crippen molar-refractivity contribution in [1.29, 1.82) is 0 Å². The number of rotatable bonds is 6. The third-order valence-electron chi connectivity index (χ3n) is 6.43. The second-order valence-electron chi connectivity index (χ2n) is 10.6. The van der Waals surface area contributed by atoms with Gasteiger partial charge in [0.2, 0.25) is 15.3 Å². The van der Waals surface area contributed by atoms with E-state index in [9.17, 15) is 28.8 Å². The first kappa shape index (κ1) is 26.7. The lowest BCUT2D eigenvalue weighted by atomic mass is 9.98. The maximum Gasteiger partial charge on any atom is 0.251 e. The molecule has 3 N–H and O–H groups in total. The van der Waals surface area contributed by atoms with Gasteiger partial charge in [0.25, 0.3) is 17.7 Å². The van der Waals surface area contributed by atoms with Gasteiger partial charge in [-0.2, -0.15) is 0 Å². The molecule has 9 nitrogen and oxygen atoms in total. The van der Waals surface area contributed by atoms with E-state index in [0.717, 1.165) is 35.3 Å². The molecule has 4 rings (SSSR count). The van der Waals surface area contributed by atoms with Gasteiger partial charge < -0.3 is 16.0 Å². The summed E-state index contributed by atoms with van der Waals surface area (Å²) in [4.78, 5) is 75.3. The fraction of sp³-hybridized carbons (Fsp3) is 0.500. The second kappa shape index (κ2) is 8.91. The first-order valence-electron chi connectivity index (χ1n) is 11.3. The normalized spacial score (nSPS) is 27.2. The maximum absolute atomic E-state index is 13.1.